The van der Waals surface area contributed by atoms with E-state index in [4.69, 9.17) is 10.7 Å². The van der Waals surface area contributed by atoms with Crippen LogP contribution in [0.2, 0.25) is 0 Å². The summed E-state index contributed by atoms with van der Waals surface area (Å²) in [6.45, 7) is 3.34. The standard InChI is InChI=1S/C14H24N4S/c1-2-9-18(12-7-5-11(15)6-8-12)14-16-13(17-19-14)10-3-4-10/h10-12H,2-9,15H2,1H3. The summed E-state index contributed by atoms with van der Waals surface area (Å²) >= 11 is 1.59. The molecule has 0 unspecified atom stereocenters. The average Bonchev–Trinajstić information content (AvgIpc) is 3.16. The zero-order valence-corrected chi connectivity index (χ0v) is 12.5. The third-order valence-corrected chi connectivity index (χ3v) is 5.03. The van der Waals surface area contributed by atoms with E-state index in [0.717, 1.165) is 30.3 Å². The van der Waals surface area contributed by atoms with Crippen LogP contribution < -0.4 is 10.6 Å². The van der Waals surface area contributed by atoms with Crippen LogP contribution in [-0.4, -0.2) is 28.0 Å². The monoisotopic (exact) mass is 280 g/mol. The van der Waals surface area contributed by atoms with E-state index < -0.39 is 0 Å². The van der Waals surface area contributed by atoms with Crippen LogP contribution in [0, 0.1) is 0 Å². The van der Waals surface area contributed by atoms with E-state index in [1.807, 2.05) is 0 Å². The zero-order chi connectivity index (χ0) is 13.2. The van der Waals surface area contributed by atoms with Crippen LogP contribution in [-0.2, 0) is 0 Å². The predicted molar refractivity (Wildman–Crippen MR) is 79.8 cm³/mol. The summed E-state index contributed by atoms with van der Waals surface area (Å²) in [7, 11) is 0. The molecule has 0 atom stereocenters. The first-order valence-electron chi connectivity index (χ1n) is 7.63. The first kappa shape index (κ1) is 13.3. The maximum atomic E-state index is 6.02. The van der Waals surface area contributed by atoms with Gasteiger partial charge in [0, 0.05) is 36.1 Å². The van der Waals surface area contributed by atoms with Crippen molar-refractivity contribution in [3.63, 3.8) is 0 Å². The molecule has 4 nitrogen and oxygen atoms in total. The molecule has 5 heteroatoms. The Hall–Kier alpha value is -0.680. The number of nitrogens with two attached hydrogens (primary N) is 1. The second-order valence-corrected chi connectivity index (χ2v) is 6.70. The van der Waals surface area contributed by atoms with Gasteiger partial charge in [-0.1, -0.05) is 6.92 Å². The molecule has 0 radical (unpaired) electrons. The summed E-state index contributed by atoms with van der Waals surface area (Å²) in [4.78, 5) is 7.28. The Bertz CT molecular complexity index is 407. The molecule has 2 fully saturated rings. The molecule has 0 aromatic carbocycles. The van der Waals surface area contributed by atoms with Gasteiger partial charge >= 0.3 is 0 Å². The lowest BCUT2D eigenvalue weighted by Crippen LogP contribution is -2.41. The minimum absolute atomic E-state index is 0.413. The Morgan fingerprint density at radius 3 is 2.58 bits per heavy atom. The van der Waals surface area contributed by atoms with Gasteiger partial charge in [-0.2, -0.15) is 4.37 Å². The fourth-order valence-corrected chi connectivity index (χ4v) is 3.78. The van der Waals surface area contributed by atoms with Crippen LogP contribution in [0.3, 0.4) is 0 Å². The molecule has 0 saturated heterocycles. The summed E-state index contributed by atoms with van der Waals surface area (Å²) in [5.41, 5.74) is 6.02. The van der Waals surface area contributed by atoms with Gasteiger partial charge in [0.25, 0.3) is 0 Å². The summed E-state index contributed by atoms with van der Waals surface area (Å²) in [6.07, 6.45) is 8.45. The van der Waals surface area contributed by atoms with Crippen LogP contribution in [0.25, 0.3) is 0 Å². The van der Waals surface area contributed by atoms with Gasteiger partial charge in [0.1, 0.15) is 5.82 Å². The Morgan fingerprint density at radius 2 is 1.95 bits per heavy atom. The predicted octanol–water partition coefficient (Wildman–Crippen LogP) is 2.90. The first-order valence-corrected chi connectivity index (χ1v) is 8.41. The molecule has 0 amide bonds. The van der Waals surface area contributed by atoms with Crippen molar-refractivity contribution in [3.8, 4) is 0 Å². The maximum Gasteiger partial charge on any atom is 0.205 e. The van der Waals surface area contributed by atoms with Gasteiger partial charge in [0.2, 0.25) is 5.13 Å². The lowest BCUT2D eigenvalue weighted by molar-refractivity contribution is 0.375. The van der Waals surface area contributed by atoms with Crippen molar-refractivity contribution >= 4 is 16.7 Å². The van der Waals surface area contributed by atoms with Crippen LogP contribution in [0.5, 0.6) is 0 Å². The second kappa shape index (κ2) is 5.75. The Kier molecular flexibility index (Phi) is 4.03. The summed E-state index contributed by atoms with van der Waals surface area (Å²) in [5.74, 6) is 1.75. The minimum Gasteiger partial charge on any atom is -0.344 e. The summed E-state index contributed by atoms with van der Waals surface area (Å²) in [6, 6.07) is 1.04. The molecular weight excluding hydrogens is 256 g/mol. The lowest BCUT2D eigenvalue weighted by atomic mass is 9.91. The van der Waals surface area contributed by atoms with Gasteiger partial charge in [-0.15, -0.1) is 0 Å². The van der Waals surface area contributed by atoms with Crippen molar-refractivity contribution < 1.29 is 0 Å². The largest absolute Gasteiger partial charge is 0.344 e. The quantitative estimate of drug-likeness (QED) is 0.901. The van der Waals surface area contributed by atoms with Gasteiger partial charge in [-0.25, -0.2) is 4.98 Å². The van der Waals surface area contributed by atoms with Crippen molar-refractivity contribution in [1.29, 1.82) is 0 Å². The van der Waals surface area contributed by atoms with Crippen molar-refractivity contribution in [1.82, 2.24) is 9.36 Å². The highest BCUT2D eigenvalue weighted by atomic mass is 32.1. The van der Waals surface area contributed by atoms with Gasteiger partial charge < -0.3 is 10.6 Å². The van der Waals surface area contributed by atoms with Crippen LogP contribution >= 0.6 is 11.5 Å². The number of anilines is 1. The van der Waals surface area contributed by atoms with Crippen molar-refractivity contribution in [2.75, 3.05) is 11.4 Å². The highest BCUT2D eigenvalue weighted by molar-refractivity contribution is 7.09. The van der Waals surface area contributed by atoms with Crippen LogP contribution in [0.15, 0.2) is 0 Å². The lowest BCUT2D eigenvalue weighted by Gasteiger charge is -2.35. The fraction of sp³-hybridized carbons (Fsp3) is 0.857. The van der Waals surface area contributed by atoms with E-state index in [-0.39, 0.29) is 0 Å². The topological polar surface area (TPSA) is 55.0 Å². The molecule has 2 aliphatic rings. The highest BCUT2D eigenvalue weighted by Gasteiger charge is 2.30. The second-order valence-electron chi connectivity index (χ2n) is 5.97. The van der Waals surface area contributed by atoms with Gasteiger partial charge in [-0.3, -0.25) is 0 Å². The van der Waals surface area contributed by atoms with Crippen LogP contribution in [0.1, 0.15) is 63.6 Å². The number of hydrogen-bond acceptors (Lipinski definition) is 5. The molecule has 19 heavy (non-hydrogen) atoms. The number of nitrogens with zero attached hydrogens (tertiary/aromatic N) is 3. The molecule has 2 aliphatic carbocycles. The molecule has 0 spiro atoms. The van der Waals surface area contributed by atoms with Crippen molar-refractivity contribution in [3.05, 3.63) is 5.82 Å². The summed E-state index contributed by atoms with van der Waals surface area (Å²) in [5, 5.41) is 1.14. The zero-order valence-electron chi connectivity index (χ0n) is 11.7. The average molecular weight is 280 g/mol. The summed E-state index contributed by atoms with van der Waals surface area (Å²) < 4.78 is 4.56. The third kappa shape index (κ3) is 3.08. The van der Waals surface area contributed by atoms with E-state index in [9.17, 15) is 0 Å². The SMILES string of the molecule is CCCN(c1nc(C2CC2)ns1)C1CCC(N)CC1. The van der Waals surface area contributed by atoms with E-state index >= 15 is 0 Å². The Balaban J connectivity index is 1.71. The van der Waals surface area contributed by atoms with E-state index in [0.29, 0.717) is 18.0 Å². The third-order valence-electron chi connectivity index (χ3n) is 4.27. The molecular formula is C14H24N4S. The number of aromatic nitrogens is 2. The molecule has 1 aromatic rings. The Labute approximate surface area is 119 Å². The minimum atomic E-state index is 0.413. The van der Waals surface area contributed by atoms with E-state index in [1.54, 1.807) is 11.5 Å². The van der Waals surface area contributed by atoms with Gasteiger partial charge in [0.05, 0.1) is 0 Å². The molecule has 0 aliphatic heterocycles. The number of hydrogen-bond donors (Lipinski definition) is 1. The van der Waals surface area contributed by atoms with Crippen LogP contribution in [0.4, 0.5) is 5.13 Å². The van der Waals surface area contributed by atoms with E-state index in [2.05, 4.69) is 16.2 Å². The molecule has 1 heterocycles. The normalized spacial score (nSPS) is 27.5. The van der Waals surface area contributed by atoms with Gasteiger partial charge in [-0.05, 0) is 44.9 Å². The highest BCUT2D eigenvalue weighted by Crippen LogP contribution is 2.40. The first-order chi connectivity index (χ1) is 9.28. The molecule has 106 valence electrons. The smallest absolute Gasteiger partial charge is 0.205 e. The molecule has 0 bridgehead atoms. The molecule has 3 rings (SSSR count). The van der Waals surface area contributed by atoms with Crippen molar-refractivity contribution in [2.24, 2.45) is 5.73 Å². The molecule has 2 saturated carbocycles. The fourth-order valence-electron chi connectivity index (χ4n) is 2.94. The Morgan fingerprint density at radius 1 is 1.21 bits per heavy atom. The van der Waals surface area contributed by atoms with E-state index in [1.165, 1.54) is 32.1 Å². The maximum absolute atomic E-state index is 6.02. The van der Waals surface area contributed by atoms with Crippen molar-refractivity contribution in [2.45, 2.75) is 69.9 Å². The number of rotatable bonds is 5. The molecule has 1 aromatic heterocycles. The van der Waals surface area contributed by atoms with Gasteiger partial charge in [0.15, 0.2) is 0 Å². The molecule has 2 N–H and O–H groups in total.